The number of nitrogens with zero attached hydrogens (tertiary/aromatic N) is 1. The van der Waals surface area contributed by atoms with Gasteiger partial charge in [0, 0.05) is 6.92 Å². The summed E-state index contributed by atoms with van der Waals surface area (Å²) in [5.41, 5.74) is -0.916. The summed E-state index contributed by atoms with van der Waals surface area (Å²) >= 11 is 0. The van der Waals surface area contributed by atoms with Gasteiger partial charge in [-0.15, -0.1) is 0 Å². The van der Waals surface area contributed by atoms with E-state index in [1.165, 1.54) is 6.92 Å². The molecule has 0 aromatic heterocycles. The molecule has 0 radical (unpaired) electrons. The first-order valence-electron chi connectivity index (χ1n) is 5.66. The first-order valence-corrected chi connectivity index (χ1v) is 5.66. The Hall–Kier alpha value is -1.39. The normalized spacial score (nSPS) is 34.4. The molecule has 2 rings (SSSR count). The Labute approximate surface area is 94.2 Å². The number of carbonyl (C=O) groups is 3. The highest BCUT2D eigenvalue weighted by molar-refractivity contribution is 6.14. The van der Waals surface area contributed by atoms with Gasteiger partial charge in [-0.1, -0.05) is 19.8 Å². The van der Waals surface area contributed by atoms with Gasteiger partial charge in [-0.2, -0.15) is 0 Å². The average molecular weight is 224 g/mol. The van der Waals surface area contributed by atoms with Gasteiger partial charge in [0.1, 0.15) is 5.54 Å². The second kappa shape index (κ2) is 3.57. The van der Waals surface area contributed by atoms with Gasteiger partial charge in [0.25, 0.3) is 5.91 Å². The van der Waals surface area contributed by atoms with Crippen molar-refractivity contribution in [2.75, 3.05) is 0 Å². The van der Waals surface area contributed by atoms with Crippen molar-refractivity contribution >= 4 is 17.8 Å². The van der Waals surface area contributed by atoms with Crippen molar-refractivity contribution in [3.05, 3.63) is 0 Å². The quantitative estimate of drug-likeness (QED) is 0.625. The van der Waals surface area contributed by atoms with E-state index in [-0.39, 0.29) is 17.7 Å². The van der Waals surface area contributed by atoms with Crippen LogP contribution in [0.2, 0.25) is 0 Å². The van der Waals surface area contributed by atoms with Crippen molar-refractivity contribution in [2.45, 2.75) is 45.1 Å². The van der Waals surface area contributed by atoms with Crippen LogP contribution in [0.25, 0.3) is 0 Å². The molecule has 5 nitrogen and oxygen atoms in total. The summed E-state index contributed by atoms with van der Waals surface area (Å²) in [6, 6.07) is -0.564. The highest BCUT2D eigenvalue weighted by Gasteiger charge is 2.58. The van der Waals surface area contributed by atoms with E-state index in [1.54, 1.807) is 0 Å². The molecule has 1 N–H and O–H groups in total. The number of carbonyl (C=O) groups excluding carboxylic acids is 3. The van der Waals surface area contributed by atoms with Gasteiger partial charge >= 0.3 is 6.03 Å². The molecule has 2 fully saturated rings. The van der Waals surface area contributed by atoms with Crippen molar-refractivity contribution in [1.29, 1.82) is 0 Å². The molecule has 1 aliphatic heterocycles. The third-order valence-electron chi connectivity index (χ3n) is 3.79. The Bertz CT molecular complexity index is 366. The van der Waals surface area contributed by atoms with Crippen LogP contribution in [-0.4, -0.2) is 28.3 Å². The van der Waals surface area contributed by atoms with E-state index < -0.39 is 11.6 Å². The smallest absolute Gasteiger partial charge is 0.275 e. The minimum absolute atomic E-state index is 0.0385. The van der Waals surface area contributed by atoms with Crippen LogP contribution in [0.3, 0.4) is 0 Å². The summed E-state index contributed by atoms with van der Waals surface area (Å²) in [5, 5.41) is 2.27. The Morgan fingerprint density at radius 1 is 1.44 bits per heavy atom. The van der Waals surface area contributed by atoms with Crippen LogP contribution in [0.5, 0.6) is 0 Å². The molecule has 0 aromatic carbocycles. The Kier molecular flexibility index (Phi) is 2.48. The standard InChI is InChI=1S/C11H16N2O3/c1-7-5-3-4-6-11(7)9(15)12-10(16)13(11)8(2)14/h7H,3-6H2,1-2H3,(H,12,15,16). The predicted octanol–water partition coefficient (Wildman–Crippen LogP) is 1.03. The van der Waals surface area contributed by atoms with Crippen LogP contribution < -0.4 is 5.32 Å². The van der Waals surface area contributed by atoms with Gasteiger partial charge in [0.15, 0.2) is 0 Å². The minimum atomic E-state index is -0.916. The number of nitrogens with one attached hydrogen (secondary N) is 1. The van der Waals surface area contributed by atoms with E-state index in [9.17, 15) is 14.4 Å². The number of rotatable bonds is 0. The molecule has 1 heterocycles. The Balaban J connectivity index is 2.45. The second-order valence-electron chi connectivity index (χ2n) is 4.68. The van der Waals surface area contributed by atoms with Crippen LogP contribution in [0.15, 0.2) is 0 Å². The monoisotopic (exact) mass is 224 g/mol. The molecular weight excluding hydrogens is 208 g/mol. The number of hydrogen-bond acceptors (Lipinski definition) is 3. The lowest BCUT2D eigenvalue weighted by Crippen LogP contribution is -2.57. The fourth-order valence-electron chi connectivity index (χ4n) is 2.97. The molecule has 2 aliphatic rings. The molecule has 5 heteroatoms. The lowest BCUT2D eigenvalue weighted by atomic mass is 9.72. The van der Waals surface area contributed by atoms with E-state index in [4.69, 9.17) is 0 Å². The van der Waals surface area contributed by atoms with Gasteiger partial charge in [0.2, 0.25) is 5.91 Å². The molecule has 1 saturated carbocycles. The molecule has 4 amide bonds. The molecule has 1 saturated heterocycles. The largest absolute Gasteiger partial charge is 0.331 e. The number of urea groups is 1. The molecular formula is C11H16N2O3. The Morgan fingerprint density at radius 3 is 2.69 bits per heavy atom. The van der Waals surface area contributed by atoms with Crippen molar-refractivity contribution in [3.8, 4) is 0 Å². The third-order valence-corrected chi connectivity index (χ3v) is 3.79. The van der Waals surface area contributed by atoms with E-state index in [0.29, 0.717) is 6.42 Å². The highest BCUT2D eigenvalue weighted by Crippen LogP contribution is 2.41. The summed E-state index contributed by atoms with van der Waals surface area (Å²) in [4.78, 5) is 36.2. The summed E-state index contributed by atoms with van der Waals surface area (Å²) in [5.74, 6) is -0.617. The first kappa shape index (κ1) is 11.1. The van der Waals surface area contributed by atoms with Gasteiger partial charge in [-0.25, -0.2) is 9.69 Å². The molecule has 2 unspecified atom stereocenters. The lowest BCUT2D eigenvalue weighted by Gasteiger charge is -2.41. The molecule has 1 spiro atoms. The maximum Gasteiger partial charge on any atom is 0.331 e. The van der Waals surface area contributed by atoms with E-state index in [0.717, 1.165) is 24.2 Å². The number of amides is 4. The van der Waals surface area contributed by atoms with Gasteiger partial charge < -0.3 is 0 Å². The SMILES string of the molecule is CC(=O)N1C(=O)NC(=O)C12CCCCC2C. The van der Waals surface area contributed by atoms with Crippen LogP contribution in [0, 0.1) is 5.92 Å². The summed E-state index contributed by atoms with van der Waals surface area (Å²) < 4.78 is 0. The van der Waals surface area contributed by atoms with Crippen molar-refractivity contribution in [1.82, 2.24) is 10.2 Å². The van der Waals surface area contributed by atoms with Gasteiger partial charge in [-0.05, 0) is 18.8 Å². The summed E-state index contributed by atoms with van der Waals surface area (Å²) in [7, 11) is 0. The van der Waals surface area contributed by atoms with E-state index in [1.807, 2.05) is 6.92 Å². The van der Waals surface area contributed by atoms with Crippen molar-refractivity contribution in [3.63, 3.8) is 0 Å². The number of hydrogen-bond donors (Lipinski definition) is 1. The van der Waals surface area contributed by atoms with Crippen LogP contribution >= 0.6 is 0 Å². The maximum atomic E-state index is 12.0. The highest BCUT2D eigenvalue weighted by atomic mass is 16.2. The molecule has 2 atom stereocenters. The number of imide groups is 2. The predicted molar refractivity (Wildman–Crippen MR) is 56.4 cm³/mol. The van der Waals surface area contributed by atoms with E-state index >= 15 is 0 Å². The van der Waals surface area contributed by atoms with Gasteiger partial charge in [-0.3, -0.25) is 14.9 Å². The topological polar surface area (TPSA) is 66.5 Å². The van der Waals surface area contributed by atoms with Gasteiger partial charge in [0.05, 0.1) is 0 Å². The van der Waals surface area contributed by atoms with Crippen molar-refractivity contribution in [2.24, 2.45) is 5.92 Å². The van der Waals surface area contributed by atoms with Crippen molar-refractivity contribution < 1.29 is 14.4 Å². The molecule has 1 aliphatic carbocycles. The minimum Gasteiger partial charge on any atom is -0.275 e. The first-order chi connectivity index (χ1) is 7.50. The summed E-state index contributed by atoms with van der Waals surface area (Å²) in [6.07, 6.45) is 3.40. The fourth-order valence-corrected chi connectivity index (χ4v) is 2.97. The second-order valence-corrected chi connectivity index (χ2v) is 4.68. The average Bonchev–Trinajstić information content (AvgIpc) is 2.44. The zero-order valence-electron chi connectivity index (χ0n) is 9.58. The third kappa shape index (κ3) is 1.27. The zero-order chi connectivity index (χ0) is 11.9. The lowest BCUT2D eigenvalue weighted by molar-refractivity contribution is -0.141. The zero-order valence-corrected chi connectivity index (χ0v) is 9.58. The molecule has 88 valence electrons. The molecule has 0 aromatic rings. The molecule has 0 bridgehead atoms. The maximum absolute atomic E-state index is 12.0. The molecule has 16 heavy (non-hydrogen) atoms. The fraction of sp³-hybridized carbons (Fsp3) is 0.727. The Morgan fingerprint density at radius 2 is 2.12 bits per heavy atom. The van der Waals surface area contributed by atoms with Crippen LogP contribution in [0.4, 0.5) is 4.79 Å². The van der Waals surface area contributed by atoms with Crippen LogP contribution in [0.1, 0.15) is 39.5 Å². The summed E-state index contributed by atoms with van der Waals surface area (Å²) in [6.45, 7) is 3.27. The van der Waals surface area contributed by atoms with E-state index in [2.05, 4.69) is 5.32 Å². The van der Waals surface area contributed by atoms with Crippen LogP contribution in [-0.2, 0) is 9.59 Å².